The topological polar surface area (TPSA) is 42.2 Å². The van der Waals surface area contributed by atoms with Crippen LogP contribution in [0, 0.1) is 17.4 Å². The Bertz CT molecular complexity index is 607. The third-order valence-electron chi connectivity index (χ3n) is 2.46. The number of carbonyl (C=O) groups is 1. The minimum Gasteiger partial charge on any atom is -0.466 e. The van der Waals surface area contributed by atoms with Crippen LogP contribution in [0.2, 0.25) is 0 Å². The number of halogens is 2. The molecule has 1 heterocycles. The van der Waals surface area contributed by atoms with Gasteiger partial charge in [0.05, 0.1) is 11.3 Å². The van der Waals surface area contributed by atoms with Gasteiger partial charge in [-0.15, -0.1) is 0 Å². The van der Waals surface area contributed by atoms with Crippen LogP contribution in [0.15, 0.2) is 33.2 Å². The number of hydrogen-bond donors (Lipinski definition) is 1. The van der Waals surface area contributed by atoms with Crippen molar-refractivity contribution < 1.29 is 9.21 Å². The lowest BCUT2D eigenvalue weighted by atomic mass is 10.2. The average Bonchev–Trinajstić information content (AvgIpc) is 2.63. The average molecular weight is 420 g/mol. The van der Waals surface area contributed by atoms with E-state index in [1.807, 2.05) is 25.1 Å². The fourth-order valence-corrected chi connectivity index (χ4v) is 2.48. The fourth-order valence-electron chi connectivity index (χ4n) is 1.64. The highest BCUT2D eigenvalue weighted by molar-refractivity contribution is 14.1. The summed E-state index contributed by atoms with van der Waals surface area (Å²) in [6.07, 6.45) is 0. The Morgan fingerprint density at radius 1 is 1.33 bits per heavy atom. The zero-order valence-corrected chi connectivity index (χ0v) is 13.6. The maximum Gasteiger partial charge on any atom is 0.259 e. The highest BCUT2D eigenvalue weighted by Gasteiger charge is 2.14. The summed E-state index contributed by atoms with van der Waals surface area (Å²) in [5.74, 6) is 1.21. The van der Waals surface area contributed by atoms with Crippen LogP contribution in [-0.2, 0) is 0 Å². The van der Waals surface area contributed by atoms with E-state index in [-0.39, 0.29) is 5.91 Å². The molecule has 1 N–H and O–H groups in total. The second-order valence-corrected chi connectivity index (χ2v) is 6.01. The monoisotopic (exact) mass is 419 g/mol. The SMILES string of the molecule is Cc1cc(C(=O)Nc2cc(I)ccc2Br)c(C)o1. The Labute approximate surface area is 127 Å². The highest BCUT2D eigenvalue weighted by Crippen LogP contribution is 2.25. The van der Waals surface area contributed by atoms with E-state index >= 15 is 0 Å². The molecule has 94 valence electrons. The Hall–Kier alpha value is -0.820. The van der Waals surface area contributed by atoms with Crippen molar-refractivity contribution in [3.05, 3.63) is 49.4 Å². The summed E-state index contributed by atoms with van der Waals surface area (Å²) in [4.78, 5) is 12.1. The van der Waals surface area contributed by atoms with Crippen molar-refractivity contribution in [2.45, 2.75) is 13.8 Å². The van der Waals surface area contributed by atoms with Crippen molar-refractivity contribution in [3.63, 3.8) is 0 Å². The summed E-state index contributed by atoms with van der Waals surface area (Å²) >= 11 is 5.62. The molecule has 2 aromatic rings. The van der Waals surface area contributed by atoms with E-state index in [1.165, 1.54) is 0 Å². The van der Waals surface area contributed by atoms with Crippen LogP contribution in [-0.4, -0.2) is 5.91 Å². The van der Waals surface area contributed by atoms with Gasteiger partial charge in [0, 0.05) is 8.04 Å². The molecule has 0 bridgehead atoms. The molecule has 0 radical (unpaired) electrons. The second-order valence-electron chi connectivity index (χ2n) is 3.91. The predicted octanol–water partition coefficient (Wildman–Crippen LogP) is 4.52. The quantitative estimate of drug-likeness (QED) is 0.727. The van der Waals surface area contributed by atoms with Gasteiger partial charge in [-0.3, -0.25) is 4.79 Å². The van der Waals surface area contributed by atoms with E-state index < -0.39 is 0 Å². The lowest BCUT2D eigenvalue weighted by Gasteiger charge is -2.07. The number of furan rings is 1. The van der Waals surface area contributed by atoms with E-state index in [0.717, 1.165) is 19.5 Å². The lowest BCUT2D eigenvalue weighted by molar-refractivity contribution is 0.102. The molecule has 3 nitrogen and oxygen atoms in total. The van der Waals surface area contributed by atoms with E-state index in [0.29, 0.717) is 11.3 Å². The summed E-state index contributed by atoms with van der Waals surface area (Å²) in [5, 5.41) is 2.87. The Morgan fingerprint density at radius 3 is 2.67 bits per heavy atom. The van der Waals surface area contributed by atoms with Gasteiger partial charge in [-0.25, -0.2) is 0 Å². The number of benzene rings is 1. The number of rotatable bonds is 2. The van der Waals surface area contributed by atoms with E-state index in [4.69, 9.17) is 4.42 Å². The first kappa shape index (κ1) is 13.6. The van der Waals surface area contributed by atoms with Gasteiger partial charge in [-0.05, 0) is 76.6 Å². The van der Waals surface area contributed by atoms with Crippen molar-refractivity contribution >= 4 is 50.1 Å². The molecule has 0 aliphatic heterocycles. The molecule has 0 saturated carbocycles. The molecule has 18 heavy (non-hydrogen) atoms. The molecule has 0 atom stereocenters. The van der Waals surface area contributed by atoms with Gasteiger partial charge >= 0.3 is 0 Å². The molecule has 0 spiro atoms. The maximum absolute atomic E-state index is 12.1. The number of carbonyl (C=O) groups excluding carboxylic acids is 1. The summed E-state index contributed by atoms with van der Waals surface area (Å²) in [5.41, 5.74) is 1.32. The fraction of sp³-hybridized carbons (Fsp3) is 0.154. The second kappa shape index (κ2) is 5.44. The molecular formula is C13H11BrINO2. The first-order valence-corrected chi connectivity index (χ1v) is 7.18. The summed E-state index contributed by atoms with van der Waals surface area (Å²) in [6, 6.07) is 7.52. The Balaban J connectivity index is 2.26. The van der Waals surface area contributed by atoms with Crippen molar-refractivity contribution in [2.24, 2.45) is 0 Å². The van der Waals surface area contributed by atoms with Crippen molar-refractivity contribution in [1.29, 1.82) is 0 Å². The van der Waals surface area contributed by atoms with Gasteiger partial charge in [0.15, 0.2) is 0 Å². The van der Waals surface area contributed by atoms with Crippen LogP contribution in [0.5, 0.6) is 0 Å². The molecular weight excluding hydrogens is 409 g/mol. The molecule has 1 amide bonds. The van der Waals surface area contributed by atoms with Gasteiger partial charge < -0.3 is 9.73 Å². The first-order chi connectivity index (χ1) is 8.47. The Kier molecular flexibility index (Phi) is 4.11. The molecule has 0 aliphatic rings. The van der Waals surface area contributed by atoms with Crippen LogP contribution in [0.1, 0.15) is 21.9 Å². The predicted molar refractivity (Wildman–Crippen MR) is 83.0 cm³/mol. The van der Waals surface area contributed by atoms with Gasteiger partial charge in [0.2, 0.25) is 0 Å². The van der Waals surface area contributed by atoms with Crippen LogP contribution in [0.25, 0.3) is 0 Å². The van der Waals surface area contributed by atoms with E-state index in [1.54, 1.807) is 13.0 Å². The van der Waals surface area contributed by atoms with Crippen LogP contribution >= 0.6 is 38.5 Å². The number of hydrogen-bond acceptors (Lipinski definition) is 2. The number of nitrogens with one attached hydrogen (secondary N) is 1. The summed E-state index contributed by atoms with van der Waals surface area (Å²) < 4.78 is 7.27. The van der Waals surface area contributed by atoms with Crippen molar-refractivity contribution in [2.75, 3.05) is 5.32 Å². The third kappa shape index (κ3) is 2.95. The number of amides is 1. The van der Waals surface area contributed by atoms with Crippen LogP contribution < -0.4 is 5.32 Å². The standard InChI is InChI=1S/C13H11BrINO2/c1-7-5-10(8(2)18-7)13(17)16-12-6-9(15)3-4-11(12)14/h3-6H,1-2H3,(H,16,17). The minimum absolute atomic E-state index is 0.160. The molecule has 1 aromatic carbocycles. The first-order valence-electron chi connectivity index (χ1n) is 5.31. The zero-order chi connectivity index (χ0) is 13.3. The van der Waals surface area contributed by atoms with Gasteiger partial charge in [0.25, 0.3) is 5.91 Å². The zero-order valence-electron chi connectivity index (χ0n) is 9.88. The third-order valence-corrected chi connectivity index (χ3v) is 3.82. The minimum atomic E-state index is -0.160. The Morgan fingerprint density at radius 2 is 2.06 bits per heavy atom. The molecule has 0 saturated heterocycles. The molecule has 0 fully saturated rings. The normalized spacial score (nSPS) is 10.4. The molecule has 0 unspecified atom stereocenters. The molecule has 2 rings (SSSR count). The molecule has 0 aliphatic carbocycles. The van der Waals surface area contributed by atoms with E-state index in [9.17, 15) is 4.79 Å². The van der Waals surface area contributed by atoms with Crippen molar-refractivity contribution in [1.82, 2.24) is 0 Å². The van der Waals surface area contributed by atoms with Crippen LogP contribution in [0.4, 0.5) is 5.69 Å². The number of anilines is 1. The number of aryl methyl sites for hydroxylation is 2. The van der Waals surface area contributed by atoms with Gasteiger partial charge in [-0.1, -0.05) is 0 Å². The lowest BCUT2D eigenvalue weighted by Crippen LogP contribution is -2.12. The van der Waals surface area contributed by atoms with Crippen LogP contribution in [0.3, 0.4) is 0 Å². The largest absolute Gasteiger partial charge is 0.466 e. The van der Waals surface area contributed by atoms with E-state index in [2.05, 4.69) is 43.8 Å². The highest BCUT2D eigenvalue weighted by atomic mass is 127. The summed E-state index contributed by atoms with van der Waals surface area (Å²) in [7, 11) is 0. The van der Waals surface area contributed by atoms with Gasteiger partial charge in [0.1, 0.15) is 11.5 Å². The smallest absolute Gasteiger partial charge is 0.259 e. The van der Waals surface area contributed by atoms with Crippen molar-refractivity contribution in [3.8, 4) is 0 Å². The molecule has 5 heteroatoms. The molecule has 1 aromatic heterocycles. The maximum atomic E-state index is 12.1. The summed E-state index contributed by atoms with van der Waals surface area (Å²) in [6.45, 7) is 3.61. The van der Waals surface area contributed by atoms with Gasteiger partial charge in [-0.2, -0.15) is 0 Å².